The molecule has 36 heavy (non-hydrogen) atoms. The van der Waals surface area contributed by atoms with Gasteiger partial charge < -0.3 is 4.90 Å². The average Bonchev–Trinajstić information content (AvgIpc) is 3.52. The molecule has 2 aliphatic rings. The molecule has 6 nitrogen and oxygen atoms in total. The van der Waals surface area contributed by atoms with Gasteiger partial charge in [-0.2, -0.15) is 4.37 Å². The van der Waals surface area contributed by atoms with Crippen LogP contribution in [0.25, 0.3) is 10.1 Å². The number of fused-ring (bicyclic) bond motifs is 1. The second-order valence-corrected chi connectivity index (χ2v) is 15.2. The third-order valence-electron chi connectivity index (χ3n) is 7.64. The zero-order valence-corrected chi connectivity index (χ0v) is 24.0. The molecule has 0 atom stereocenters. The van der Waals surface area contributed by atoms with Crippen molar-refractivity contribution in [2.24, 2.45) is 5.92 Å². The van der Waals surface area contributed by atoms with Gasteiger partial charge in [-0.1, -0.05) is 32.9 Å². The molecule has 5 rings (SSSR count). The second kappa shape index (κ2) is 10.7. The van der Waals surface area contributed by atoms with Crippen LogP contribution in [-0.2, 0) is 15.4 Å². The Bertz CT molecular complexity index is 1260. The lowest BCUT2D eigenvalue weighted by atomic mass is 9.84. The van der Waals surface area contributed by atoms with Gasteiger partial charge in [-0.3, -0.25) is 4.90 Å². The van der Waals surface area contributed by atoms with Crippen LogP contribution < -0.4 is 9.62 Å². The van der Waals surface area contributed by atoms with Crippen molar-refractivity contribution in [2.75, 3.05) is 37.6 Å². The number of benzene rings is 1. The molecule has 1 aromatic carbocycles. The van der Waals surface area contributed by atoms with Crippen molar-refractivity contribution >= 4 is 48.8 Å². The fourth-order valence-electron chi connectivity index (χ4n) is 5.36. The molecule has 1 saturated heterocycles. The summed E-state index contributed by atoms with van der Waals surface area (Å²) in [4.78, 5) is 6.13. The van der Waals surface area contributed by atoms with Crippen LogP contribution in [0.2, 0.25) is 0 Å². The van der Waals surface area contributed by atoms with Crippen molar-refractivity contribution < 1.29 is 8.42 Å². The van der Waals surface area contributed by atoms with E-state index >= 15 is 0 Å². The third kappa shape index (κ3) is 5.96. The normalized spacial score (nSPS) is 22.4. The first-order valence-corrected chi connectivity index (χ1v) is 16.2. The molecule has 3 heterocycles. The summed E-state index contributed by atoms with van der Waals surface area (Å²) in [6.45, 7) is 11.7. The van der Waals surface area contributed by atoms with Crippen molar-refractivity contribution in [3.8, 4) is 0 Å². The average molecular weight is 547 g/mol. The highest BCUT2D eigenvalue weighted by Crippen LogP contribution is 2.34. The highest BCUT2D eigenvalue weighted by Gasteiger charge is 2.28. The summed E-state index contributed by atoms with van der Waals surface area (Å²) < 4.78 is 35.3. The summed E-state index contributed by atoms with van der Waals surface area (Å²) in [5.41, 5.74) is -0.0295. The van der Waals surface area contributed by atoms with Crippen LogP contribution in [0.1, 0.15) is 57.8 Å². The van der Waals surface area contributed by atoms with E-state index in [1.807, 2.05) is 6.07 Å². The fourth-order valence-corrected chi connectivity index (χ4v) is 8.84. The van der Waals surface area contributed by atoms with Gasteiger partial charge in [0.1, 0.15) is 10.0 Å². The van der Waals surface area contributed by atoms with E-state index in [1.165, 1.54) is 27.8 Å². The van der Waals surface area contributed by atoms with Crippen LogP contribution in [0, 0.1) is 5.92 Å². The zero-order valence-electron chi connectivity index (χ0n) is 21.6. The van der Waals surface area contributed by atoms with E-state index in [4.69, 9.17) is 4.37 Å². The van der Waals surface area contributed by atoms with Gasteiger partial charge in [-0.15, -0.1) is 11.3 Å². The van der Waals surface area contributed by atoms with Crippen molar-refractivity contribution in [1.29, 1.82) is 0 Å². The molecule has 1 aliphatic heterocycles. The Morgan fingerprint density at radius 2 is 1.72 bits per heavy atom. The number of nitrogens with zero attached hydrogens (tertiary/aromatic N) is 3. The van der Waals surface area contributed by atoms with E-state index in [2.05, 4.69) is 59.6 Å². The van der Waals surface area contributed by atoms with E-state index in [9.17, 15) is 8.42 Å². The Morgan fingerprint density at radius 3 is 2.42 bits per heavy atom. The van der Waals surface area contributed by atoms with Gasteiger partial charge in [0, 0.05) is 42.5 Å². The van der Waals surface area contributed by atoms with Crippen LogP contribution in [-0.4, -0.2) is 56.5 Å². The Hall–Kier alpha value is -1.52. The molecule has 9 heteroatoms. The van der Waals surface area contributed by atoms with Crippen LogP contribution in [0.4, 0.5) is 5.82 Å². The van der Waals surface area contributed by atoms with E-state index in [-0.39, 0.29) is 11.5 Å². The molecule has 3 aromatic rings. The minimum absolute atomic E-state index is 0.0295. The molecule has 0 unspecified atom stereocenters. The molecular formula is C27H38N4O2S3. The Labute approximate surface area is 223 Å². The van der Waals surface area contributed by atoms with Crippen LogP contribution in [0.3, 0.4) is 0 Å². The fraction of sp³-hybridized carbons (Fsp3) is 0.593. The molecule has 0 bridgehead atoms. The molecule has 2 fully saturated rings. The first kappa shape index (κ1) is 26.1. The second-order valence-electron chi connectivity index (χ2n) is 11.3. The summed E-state index contributed by atoms with van der Waals surface area (Å²) in [6, 6.07) is 12.3. The molecule has 0 amide bonds. The lowest BCUT2D eigenvalue weighted by Crippen LogP contribution is -2.47. The van der Waals surface area contributed by atoms with Gasteiger partial charge in [0.15, 0.2) is 0 Å². The number of thiophene rings is 1. The van der Waals surface area contributed by atoms with Crippen LogP contribution >= 0.6 is 22.9 Å². The van der Waals surface area contributed by atoms with Crippen molar-refractivity contribution in [2.45, 2.75) is 68.5 Å². The first-order valence-electron chi connectivity index (χ1n) is 13.1. The topological polar surface area (TPSA) is 65.5 Å². The largest absolute Gasteiger partial charge is 0.353 e. The van der Waals surface area contributed by atoms with E-state index in [0.717, 1.165) is 69.1 Å². The monoisotopic (exact) mass is 546 g/mol. The predicted octanol–water partition coefficient (Wildman–Crippen LogP) is 5.70. The summed E-state index contributed by atoms with van der Waals surface area (Å²) in [5, 5.41) is 1.28. The third-order valence-corrected chi connectivity index (χ3v) is 12.0. The zero-order chi connectivity index (χ0) is 25.3. The summed E-state index contributed by atoms with van der Waals surface area (Å²) in [6.07, 6.45) is 5.29. The number of hydrogen-bond donors (Lipinski definition) is 1. The smallest absolute Gasteiger partial charge is 0.250 e. The molecule has 0 radical (unpaired) electrons. The van der Waals surface area contributed by atoms with Crippen molar-refractivity contribution in [3.05, 3.63) is 41.3 Å². The minimum Gasteiger partial charge on any atom is -0.353 e. The van der Waals surface area contributed by atoms with E-state index in [0.29, 0.717) is 10.1 Å². The maximum Gasteiger partial charge on any atom is 0.250 e. The molecule has 1 N–H and O–H groups in total. The Kier molecular flexibility index (Phi) is 7.75. The van der Waals surface area contributed by atoms with Crippen molar-refractivity contribution in [3.63, 3.8) is 0 Å². The first-order chi connectivity index (χ1) is 17.2. The van der Waals surface area contributed by atoms with Crippen LogP contribution in [0.5, 0.6) is 0 Å². The summed E-state index contributed by atoms with van der Waals surface area (Å²) in [7, 11) is -3.43. The molecule has 196 valence electrons. The molecule has 1 aliphatic carbocycles. The molecule has 2 aromatic heterocycles. The minimum atomic E-state index is -3.43. The van der Waals surface area contributed by atoms with Gasteiger partial charge in [0.2, 0.25) is 10.0 Å². The van der Waals surface area contributed by atoms with E-state index in [1.54, 1.807) is 17.6 Å². The van der Waals surface area contributed by atoms with Gasteiger partial charge in [0.05, 0.1) is 4.70 Å². The number of anilines is 1. The lowest BCUT2D eigenvalue weighted by Gasteiger charge is -2.36. The van der Waals surface area contributed by atoms with Gasteiger partial charge in [0.25, 0.3) is 0 Å². The quantitative estimate of drug-likeness (QED) is 0.412. The number of hydrogen-bond acceptors (Lipinski definition) is 7. The van der Waals surface area contributed by atoms with Gasteiger partial charge in [-0.05, 0) is 85.8 Å². The Morgan fingerprint density at radius 1 is 1.00 bits per heavy atom. The number of sulfonamides is 1. The van der Waals surface area contributed by atoms with Crippen molar-refractivity contribution in [1.82, 2.24) is 14.0 Å². The highest BCUT2D eigenvalue weighted by molar-refractivity contribution is 7.91. The van der Waals surface area contributed by atoms with Gasteiger partial charge >= 0.3 is 0 Å². The number of aromatic nitrogens is 1. The number of piperazine rings is 1. The predicted molar refractivity (Wildman–Crippen MR) is 152 cm³/mol. The van der Waals surface area contributed by atoms with Gasteiger partial charge in [-0.25, -0.2) is 13.1 Å². The molecular weight excluding hydrogens is 509 g/mol. The summed E-state index contributed by atoms with van der Waals surface area (Å²) in [5.74, 6) is 1.84. The maximum absolute atomic E-state index is 12.9. The Balaban J connectivity index is 1.05. The SMILES string of the molecule is CC(C)(C)c1ccc(S(=O)(=O)NC2CCC(CCN3CCN(c4nsc5ccccc45)CC3)CC2)s1. The number of nitrogens with one attached hydrogen (secondary N) is 1. The maximum atomic E-state index is 12.9. The molecule has 0 spiro atoms. The van der Waals surface area contributed by atoms with Crippen LogP contribution in [0.15, 0.2) is 40.6 Å². The molecule has 1 saturated carbocycles. The highest BCUT2D eigenvalue weighted by atomic mass is 32.2. The standard InChI is InChI=1S/C27H38N4O2S3/c1-27(2,3)24-12-13-25(34-24)36(32,33)29-21-10-8-20(9-11-21)14-15-30-16-18-31(19-17-30)26-22-6-4-5-7-23(22)35-28-26/h4-7,12-13,20-21,29H,8-11,14-19H2,1-3H3. The lowest BCUT2D eigenvalue weighted by molar-refractivity contribution is 0.214. The summed E-state index contributed by atoms with van der Waals surface area (Å²) >= 11 is 2.99. The number of rotatable bonds is 7. The van der Waals surface area contributed by atoms with E-state index < -0.39 is 10.0 Å².